The van der Waals surface area contributed by atoms with Gasteiger partial charge in [0, 0.05) is 158 Å². The summed E-state index contributed by atoms with van der Waals surface area (Å²) in [7, 11) is 7.73. The topological polar surface area (TPSA) is 123 Å². The van der Waals surface area contributed by atoms with E-state index in [-0.39, 0.29) is 15.3 Å². The highest BCUT2D eigenvalue weighted by atomic mass is 20.0. The van der Waals surface area contributed by atoms with E-state index in [1.165, 1.54) is 11.1 Å². The number of nitro benzene ring substituents is 1. The van der Waals surface area contributed by atoms with E-state index >= 15 is 0 Å². The third-order valence-corrected chi connectivity index (χ3v) is 7.89. The smallest absolute Gasteiger partial charge is 0.294 e. The van der Waals surface area contributed by atoms with Crippen LogP contribution in [0.3, 0.4) is 0 Å². The number of anilines is 3. The van der Waals surface area contributed by atoms with Crippen LogP contribution in [0.2, 0.25) is 0 Å². The molecule has 4 heterocycles. The molecule has 0 saturated carbocycles. The number of hydrogen-bond acceptors (Lipinski definition) is 9. The second-order valence-corrected chi connectivity index (χ2v) is 11.0. The Labute approximate surface area is 349 Å². The summed E-state index contributed by atoms with van der Waals surface area (Å²) in [4.78, 5) is 29.7. The minimum Gasteiger partial charge on any atom is -0.368 e. The molecule has 0 unspecified atom stereocenters. The molecule has 0 saturated heterocycles. The van der Waals surface area contributed by atoms with Crippen molar-refractivity contribution >= 4 is 33.9 Å². The summed E-state index contributed by atoms with van der Waals surface area (Å²) in [5.41, 5.74) is 7.22. The van der Waals surface area contributed by atoms with Gasteiger partial charge in [0.15, 0.2) is 5.82 Å². The van der Waals surface area contributed by atoms with Crippen LogP contribution in [0.5, 0.6) is 0 Å². The van der Waals surface area contributed by atoms with Gasteiger partial charge in [0.25, 0.3) is 5.69 Å². The largest absolute Gasteiger partial charge is 0.368 e. The number of rotatable bonds is 9. The zero-order valence-corrected chi connectivity index (χ0v) is 33.2. The van der Waals surface area contributed by atoms with Crippen LogP contribution in [0.25, 0.3) is 33.7 Å². The van der Waals surface area contributed by atoms with Gasteiger partial charge >= 0.3 is 0 Å². The van der Waals surface area contributed by atoms with Crippen LogP contribution >= 0.6 is 0 Å². The molecule has 0 atom stereocenters. The highest BCUT2D eigenvalue weighted by molar-refractivity contribution is 6.04. The van der Waals surface area contributed by atoms with Crippen LogP contribution in [0.1, 0.15) is 17.5 Å². The van der Waals surface area contributed by atoms with Crippen molar-refractivity contribution in [2.45, 2.75) is 26.3 Å². The van der Waals surface area contributed by atoms with E-state index in [9.17, 15) is 10.1 Å². The van der Waals surface area contributed by atoms with E-state index in [0.29, 0.717) is 23.9 Å². The van der Waals surface area contributed by atoms with Gasteiger partial charge in [-0.3, -0.25) is 14.8 Å². The number of hydrogen-bond donors (Lipinski definition) is 1. The number of aryl methyl sites for hydroxylation is 4. The first-order valence-electron chi connectivity index (χ1n) is 15.5. The average molecular weight is 1000 g/mol. The number of halogens is 23. The number of likely N-dealkylation sites (N-methyl/N-ethyl adjacent to an activating group) is 2. The van der Waals surface area contributed by atoms with Gasteiger partial charge in [-0.1, -0.05) is 18.2 Å². The predicted octanol–water partition coefficient (Wildman–Crippen LogP) is 14.2. The molecule has 0 fully saturated rings. The molecule has 65 heavy (non-hydrogen) atoms. The Kier molecular flexibility index (Phi) is 52.8. The molecule has 0 spiro atoms. The van der Waals surface area contributed by atoms with Crippen LogP contribution < -0.4 is 10.2 Å². The van der Waals surface area contributed by atoms with Gasteiger partial charge < -0.3 is 19.7 Å². The average Bonchev–Trinajstić information content (AvgIpc) is 3.96. The highest BCUT2D eigenvalue weighted by Crippen LogP contribution is 2.43. The van der Waals surface area contributed by atoms with Crippen molar-refractivity contribution in [1.82, 2.24) is 34.2 Å². The Bertz CT molecular complexity index is 1870. The number of para-hydroxylation sites is 1. The molecule has 1 aliphatic heterocycles. The summed E-state index contributed by atoms with van der Waals surface area (Å²) >= 11 is 0. The van der Waals surface area contributed by atoms with Crippen LogP contribution in [-0.4, -0.2) is 73.4 Å². The normalized spacial score (nSPS) is 9.23. The molecule has 5 aromatic rings. The number of benzene rings is 2. The van der Waals surface area contributed by atoms with Crippen molar-refractivity contribution in [3.63, 3.8) is 0 Å². The number of aromatic nitrogens is 6. The third kappa shape index (κ3) is 21.7. The molecular formula is C30H35F23N10O2. The van der Waals surface area contributed by atoms with Crippen molar-refractivity contribution in [3.8, 4) is 22.8 Å². The van der Waals surface area contributed by atoms with Crippen molar-refractivity contribution < 1.29 is 110 Å². The van der Waals surface area contributed by atoms with Crippen molar-refractivity contribution in [2.75, 3.05) is 44.4 Å². The monoisotopic (exact) mass is 1000 g/mol. The maximum absolute atomic E-state index is 12.1. The van der Waals surface area contributed by atoms with E-state index in [2.05, 4.69) is 43.1 Å². The van der Waals surface area contributed by atoms with Crippen LogP contribution in [0, 0.1) is 17.0 Å². The number of nitrogens with zero attached hydrogens (tertiary/aromatic N) is 9. The van der Waals surface area contributed by atoms with E-state index in [4.69, 9.17) is 106 Å². The Morgan fingerprint density at radius 3 is 1.78 bits per heavy atom. The maximum Gasteiger partial charge on any atom is 0.294 e. The summed E-state index contributed by atoms with van der Waals surface area (Å²) < 4.78 is 180. The lowest BCUT2D eigenvalue weighted by Crippen LogP contribution is -2.29. The fraction of sp³-hybridized carbons (Fsp3) is 0.333. The van der Waals surface area contributed by atoms with Crippen LogP contribution in [0.4, 0.5) is 128 Å². The first-order valence-corrected chi connectivity index (χ1v) is 15.5. The van der Waals surface area contributed by atoms with E-state index in [0.717, 1.165) is 59.7 Å². The van der Waals surface area contributed by atoms with Crippen molar-refractivity contribution in [3.05, 3.63) is 70.2 Å². The Hall–Kier alpha value is -6.45. The minimum atomic E-state index is -0.343. The summed E-state index contributed by atoms with van der Waals surface area (Å²) in [5.74, 6) is 1.12. The first kappa shape index (κ1) is 73.0. The molecule has 12 nitrogen and oxygen atoms in total. The van der Waals surface area contributed by atoms with Gasteiger partial charge in [0.05, 0.1) is 27.5 Å². The molecule has 0 bridgehead atoms. The van der Waals surface area contributed by atoms with E-state index in [1.807, 2.05) is 57.0 Å². The first-order chi connectivity index (χ1) is 31.2. The summed E-state index contributed by atoms with van der Waals surface area (Å²) in [6.45, 7) is 4.25. The zero-order chi connectivity index (χ0) is 51.5. The summed E-state index contributed by atoms with van der Waals surface area (Å²) in [6.07, 6.45) is 5.34. The Morgan fingerprint density at radius 1 is 0.769 bits per heavy atom. The lowest BCUT2D eigenvalue weighted by Gasteiger charge is -2.22. The Morgan fingerprint density at radius 2 is 1.31 bits per heavy atom. The molecular weight excluding hydrogens is 969 g/mol. The van der Waals surface area contributed by atoms with E-state index in [1.54, 1.807) is 23.3 Å². The van der Waals surface area contributed by atoms with Gasteiger partial charge in [-0.15, -0.1) is 0 Å². The van der Waals surface area contributed by atoms with Gasteiger partial charge in [0.1, 0.15) is 12.0 Å². The Balaban J connectivity index is -0.000000257. The summed E-state index contributed by atoms with van der Waals surface area (Å²) in [5, 5.41) is 20.8. The van der Waals surface area contributed by atoms with Gasteiger partial charge in [0.2, 0.25) is 5.95 Å². The molecule has 6 rings (SSSR count). The quantitative estimate of drug-likeness (QED) is 0.0873. The molecule has 0 aliphatic carbocycles. The van der Waals surface area contributed by atoms with E-state index < -0.39 is 0 Å². The fourth-order valence-electron chi connectivity index (χ4n) is 5.76. The number of nitro groups is 1. The van der Waals surface area contributed by atoms with Crippen LogP contribution in [0.15, 0.2) is 48.9 Å². The van der Waals surface area contributed by atoms with Gasteiger partial charge in [-0.25, -0.2) is 19.6 Å². The fourth-order valence-corrected chi connectivity index (χ4v) is 5.76. The van der Waals surface area contributed by atoms with Gasteiger partial charge in [-0.2, -0.15) is 5.10 Å². The van der Waals surface area contributed by atoms with Crippen molar-refractivity contribution in [1.29, 1.82) is 0 Å². The number of nitrogens with one attached hydrogen (secondary N) is 1. The summed E-state index contributed by atoms with van der Waals surface area (Å²) in [6, 6.07) is 11.7. The highest BCUT2D eigenvalue weighted by Gasteiger charge is 2.27. The minimum absolute atomic E-state index is 0. The molecule has 1 aliphatic rings. The maximum atomic E-state index is 12.1. The molecule has 378 valence electrons. The molecule has 0 amide bonds. The van der Waals surface area contributed by atoms with Gasteiger partial charge in [-0.05, 0) is 57.1 Å². The lowest BCUT2D eigenvalue weighted by molar-refractivity contribution is -0.384. The molecule has 0 radical (unpaired) electrons. The predicted molar refractivity (Wildman–Crippen MR) is 191 cm³/mol. The molecule has 2 aromatic carbocycles. The second-order valence-electron chi connectivity index (χ2n) is 11.0. The second kappa shape index (κ2) is 47.0. The van der Waals surface area contributed by atoms with Crippen molar-refractivity contribution in [2.24, 2.45) is 7.05 Å². The zero-order valence-electron chi connectivity index (χ0n) is 33.2. The standard InChI is InChI=1S/C30H34N10O2.11F2.FH/c1-19-16-24(37(4)15-14-36(2)3)25(40(41)42)17-23(19)35-30-31-12-11-22(34-30)26-21-10-6-8-20-9-7-13-39(27(20)21)28(26)29-32-18-33-38(29)5;11*1-2;/h6,8,10-12,16-18H,7,9,13-15H2,1-5H3,(H,31,34,35);;;;;;;;;;;;1H. The van der Waals surface area contributed by atoms with Crippen LogP contribution in [-0.2, 0) is 20.0 Å². The SMILES string of the molecule is Cc1cc(N(C)CCN(C)C)c([N+](=O)[O-])cc1Nc1nccc(-c2c(-c3ncnn3C)n3c4c(cccc24)CCC3)n1.F.FF.FF.FF.FF.FF.FF.FF.FF.FF.FF.FF. The third-order valence-electron chi connectivity index (χ3n) is 7.89. The molecule has 35 heteroatoms. The molecule has 3 aromatic heterocycles. The molecule has 1 N–H and O–H groups in total. The lowest BCUT2D eigenvalue weighted by atomic mass is 10.0.